The van der Waals surface area contributed by atoms with E-state index >= 15 is 0 Å². The van der Waals surface area contributed by atoms with Crippen LogP contribution in [0.1, 0.15) is 18.8 Å². The van der Waals surface area contributed by atoms with Gasteiger partial charge in [-0.3, -0.25) is 14.3 Å². The lowest BCUT2D eigenvalue weighted by Crippen LogP contribution is -2.49. The van der Waals surface area contributed by atoms with E-state index in [2.05, 4.69) is 9.88 Å². The molecule has 176 valence electrons. The van der Waals surface area contributed by atoms with Crippen molar-refractivity contribution >= 4 is 30.8 Å². The smallest absolute Gasteiger partial charge is 0.261 e. The highest BCUT2D eigenvalue weighted by molar-refractivity contribution is 7.90. The first-order valence-corrected chi connectivity index (χ1v) is 13.8. The van der Waals surface area contributed by atoms with Gasteiger partial charge in [0.05, 0.1) is 26.7 Å². The predicted molar refractivity (Wildman–Crippen MR) is 125 cm³/mol. The average Bonchev–Trinajstić information content (AvgIpc) is 2.80. The molecule has 33 heavy (non-hydrogen) atoms. The molecule has 0 spiro atoms. The Kier molecular flexibility index (Phi) is 6.16. The van der Waals surface area contributed by atoms with Crippen LogP contribution in [0.5, 0.6) is 0 Å². The van der Waals surface area contributed by atoms with Gasteiger partial charge in [-0.05, 0) is 37.3 Å². The van der Waals surface area contributed by atoms with Crippen LogP contribution in [0.15, 0.2) is 63.1 Å². The molecule has 1 aromatic heterocycles. The van der Waals surface area contributed by atoms with Crippen molar-refractivity contribution in [2.45, 2.75) is 22.8 Å². The van der Waals surface area contributed by atoms with Gasteiger partial charge in [0.2, 0.25) is 10.0 Å². The van der Waals surface area contributed by atoms with Crippen molar-refractivity contribution < 1.29 is 16.8 Å². The number of nitrogens with zero attached hydrogens (tertiary/aromatic N) is 4. The third-order valence-electron chi connectivity index (χ3n) is 6.09. The van der Waals surface area contributed by atoms with Crippen LogP contribution < -0.4 is 5.56 Å². The summed E-state index contributed by atoms with van der Waals surface area (Å²) in [5, 5.41) is 0.246. The van der Waals surface area contributed by atoms with E-state index in [4.69, 9.17) is 0 Å². The largest absolute Gasteiger partial charge is 0.298 e. The number of hydrogen-bond donors (Lipinski definition) is 0. The third kappa shape index (κ3) is 4.45. The van der Waals surface area contributed by atoms with Crippen LogP contribution in [-0.4, -0.2) is 68.0 Å². The molecular formula is C22H26N4O5S2. The zero-order valence-electron chi connectivity index (χ0n) is 18.7. The molecule has 0 amide bonds. The van der Waals surface area contributed by atoms with Crippen LogP contribution >= 0.6 is 0 Å². The fourth-order valence-electron chi connectivity index (χ4n) is 4.11. The summed E-state index contributed by atoms with van der Waals surface area (Å²) in [6.07, 6.45) is 1.10. The molecule has 1 atom stereocenters. The van der Waals surface area contributed by atoms with Gasteiger partial charge in [0, 0.05) is 39.5 Å². The van der Waals surface area contributed by atoms with Crippen molar-refractivity contribution in [2.24, 2.45) is 7.05 Å². The van der Waals surface area contributed by atoms with Crippen molar-refractivity contribution in [1.82, 2.24) is 18.8 Å². The Labute approximate surface area is 193 Å². The van der Waals surface area contributed by atoms with E-state index in [-0.39, 0.29) is 26.8 Å². The minimum Gasteiger partial charge on any atom is -0.298 e. The molecule has 4 rings (SSSR count). The van der Waals surface area contributed by atoms with Crippen LogP contribution in [0.2, 0.25) is 0 Å². The molecule has 3 aromatic rings. The first kappa shape index (κ1) is 23.6. The summed E-state index contributed by atoms with van der Waals surface area (Å²) in [5.74, 6) is 0.541. The fourth-order valence-corrected chi connectivity index (χ4v) is 6.20. The van der Waals surface area contributed by atoms with Crippen LogP contribution in [0, 0.1) is 0 Å². The van der Waals surface area contributed by atoms with Crippen molar-refractivity contribution in [1.29, 1.82) is 0 Å². The maximum absolute atomic E-state index is 13.0. The summed E-state index contributed by atoms with van der Waals surface area (Å²) in [7, 11) is -5.38. The van der Waals surface area contributed by atoms with E-state index in [1.807, 2.05) is 6.92 Å². The molecule has 1 aliphatic heterocycles. The van der Waals surface area contributed by atoms with Gasteiger partial charge in [-0.25, -0.2) is 21.8 Å². The lowest BCUT2D eigenvalue weighted by molar-refractivity contribution is 0.139. The van der Waals surface area contributed by atoms with Gasteiger partial charge in [-0.1, -0.05) is 18.2 Å². The number of hydrogen-bond acceptors (Lipinski definition) is 7. The van der Waals surface area contributed by atoms with Gasteiger partial charge in [-0.2, -0.15) is 4.31 Å². The molecule has 0 N–H and O–H groups in total. The van der Waals surface area contributed by atoms with Gasteiger partial charge < -0.3 is 0 Å². The number of rotatable bonds is 5. The molecule has 11 heteroatoms. The first-order chi connectivity index (χ1) is 15.5. The zero-order valence-corrected chi connectivity index (χ0v) is 20.3. The number of sulfone groups is 1. The van der Waals surface area contributed by atoms with Crippen LogP contribution in [-0.2, 0) is 26.9 Å². The second-order valence-electron chi connectivity index (χ2n) is 8.21. The quantitative estimate of drug-likeness (QED) is 0.532. The van der Waals surface area contributed by atoms with Crippen LogP contribution in [0.25, 0.3) is 10.9 Å². The summed E-state index contributed by atoms with van der Waals surface area (Å²) in [6.45, 7) is 3.59. The first-order valence-electron chi connectivity index (χ1n) is 10.5. The lowest BCUT2D eigenvalue weighted by atomic mass is 10.2. The molecule has 0 radical (unpaired) electrons. The van der Waals surface area contributed by atoms with Crippen molar-refractivity contribution in [2.75, 3.05) is 32.4 Å². The molecule has 1 unspecified atom stereocenters. The standard InChI is InChI=1S/C22H26N4O5S2/c1-16(25-11-13-26(14-12-25)33(30,31)17-7-5-4-6-8-17)21-23-20-10-9-18(32(3,28)29)15-19(20)22(27)24(21)2/h4-10,15-16H,11-14H2,1-3H3. The average molecular weight is 491 g/mol. The van der Waals surface area contributed by atoms with E-state index < -0.39 is 19.9 Å². The minimum absolute atomic E-state index is 0.0745. The molecule has 9 nitrogen and oxygen atoms in total. The third-order valence-corrected chi connectivity index (χ3v) is 9.11. The van der Waals surface area contributed by atoms with E-state index in [0.717, 1.165) is 6.26 Å². The Morgan fingerprint density at radius 1 is 0.909 bits per heavy atom. The highest BCUT2D eigenvalue weighted by atomic mass is 32.2. The van der Waals surface area contributed by atoms with Crippen LogP contribution in [0.4, 0.5) is 0 Å². The number of benzene rings is 2. The Balaban J connectivity index is 1.58. The SMILES string of the molecule is CC(c1nc2ccc(S(C)(=O)=O)cc2c(=O)n1C)N1CCN(S(=O)(=O)c2ccccc2)CC1. The van der Waals surface area contributed by atoms with Gasteiger partial charge in [0.1, 0.15) is 5.82 Å². The predicted octanol–water partition coefficient (Wildman–Crippen LogP) is 1.40. The highest BCUT2D eigenvalue weighted by Crippen LogP contribution is 2.24. The molecule has 0 aliphatic carbocycles. The fraction of sp³-hybridized carbons (Fsp3) is 0.364. The van der Waals surface area contributed by atoms with Crippen molar-refractivity contribution in [3.63, 3.8) is 0 Å². The molecule has 2 aromatic carbocycles. The highest BCUT2D eigenvalue weighted by Gasteiger charge is 2.31. The molecule has 2 heterocycles. The van der Waals surface area contributed by atoms with Gasteiger partial charge in [0.25, 0.3) is 5.56 Å². The topological polar surface area (TPSA) is 110 Å². The molecule has 1 fully saturated rings. The summed E-state index contributed by atoms with van der Waals surface area (Å²) in [6, 6.07) is 12.5. The lowest BCUT2D eigenvalue weighted by Gasteiger charge is -2.37. The van der Waals surface area contributed by atoms with Crippen molar-refractivity contribution in [3.8, 4) is 0 Å². The van der Waals surface area contributed by atoms with Crippen LogP contribution in [0.3, 0.4) is 0 Å². The summed E-state index contributed by atoms with van der Waals surface area (Å²) < 4.78 is 52.4. The molecular weight excluding hydrogens is 464 g/mol. The number of aromatic nitrogens is 2. The number of fused-ring (bicyclic) bond motifs is 1. The van der Waals surface area contributed by atoms with Crippen molar-refractivity contribution in [3.05, 3.63) is 64.7 Å². The van der Waals surface area contributed by atoms with E-state index in [0.29, 0.717) is 37.5 Å². The summed E-state index contributed by atoms with van der Waals surface area (Å²) in [4.78, 5) is 20.1. The Bertz CT molecular complexity index is 1460. The summed E-state index contributed by atoms with van der Waals surface area (Å²) in [5.41, 5.74) is 0.107. The van der Waals surface area contributed by atoms with E-state index in [9.17, 15) is 21.6 Å². The second-order valence-corrected chi connectivity index (χ2v) is 12.2. The van der Waals surface area contributed by atoms with Gasteiger partial charge in [0.15, 0.2) is 9.84 Å². The number of piperazine rings is 1. The molecule has 1 saturated heterocycles. The molecule has 0 bridgehead atoms. The minimum atomic E-state index is -3.55. The normalized spacial score (nSPS) is 17.3. The Hall–Kier alpha value is -2.60. The second kappa shape index (κ2) is 8.64. The maximum Gasteiger partial charge on any atom is 0.261 e. The molecule has 1 aliphatic rings. The molecule has 0 saturated carbocycles. The Morgan fingerprint density at radius 3 is 2.15 bits per heavy atom. The van der Waals surface area contributed by atoms with Gasteiger partial charge in [-0.15, -0.1) is 0 Å². The van der Waals surface area contributed by atoms with E-state index in [1.54, 1.807) is 43.4 Å². The monoisotopic (exact) mass is 490 g/mol. The zero-order chi connectivity index (χ0) is 24.0. The summed E-state index contributed by atoms with van der Waals surface area (Å²) >= 11 is 0. The Morgan fingerprint density at radius 2 is 1.55 bits per heavy atom. The number of sulfonamides is 1. The maximum atomic E-state index is 13.0. The van der Waals surface area contributed by atoms with Gasteiger partial charge >= 0.3 is 0 Å². The van der Waals surface area contributed by atoms with E-state index in [1.165, 1.54) is 21.0 Å².